The Morgan fingerprint density at radius 1 is 1.00 bits per heavy atom. The molecule has 0 aromatic heterocycles. The highest BCUT2D eigenvalue weighted by Gasteiger charge is 2.08. The standard InChI is InChI=1S/C24H17Cl2NO4/c1-30-23-12-15(10-19(13-27)17-4-6-18(7-5-17)24(28)29)3-9-22(23)31-14-16-2-8-20(25)21(26)11-16/h2-12H,14H2,1H3,(H,28,29)/p-1/b19-10-. The van der Waals surface area contributed by atoms with Crippen LogP contribution < -0.4 is 14.6 Å². The summed E-state index contributed by atoms with van der Waals surface area (Å²) in [6.07, 6.45) is 1.68. The van der Waals surface area contributed by atoms with Crippen molar-refractivity contribution in [3.63, 3.8) is 0 Å². The van der Waals surface area contributed by atoms with Crippen molar-refractivity contribution in [1.29, 1.82) is 5.26 Å². The third-order valence-electron chi connectivity index (χ3n) is 4.43. The lowest BCUT2D eigenvalue weighted by Gasteiger charge is -2.12. The number of aromatic carboxylic acids is 1. The van der Waals surface area contributed by atoms with E-state index in [0.29, 0.717) is 32.7 Å². The number of carboxylic acid groups (broad SMARTS) is 1. The van der Waals surface area contributed by atoms with Crippen molar-refractivity contribution in [2.45, 2.75) is 6.61 Å². The van der Waals surface area contributed by atoms with Gasteiger partial charge in [0.1, 0.15) is 6.61 Å². The molecule has 0 amide bonds. The first-order valence-electron chi connectivity index (χ1n) is 9.09. The highest BCUT2D eigenvalue weighted by atomic mass is 35.5. The molecule has 5 nitrogen and oxygen atoms in total. The number of carbonyl (C=O) groups is 1. The largest absolute Gasteiger partial charge is 0.545 e. The van der Waals surface area contributed by atoms with Gasteiger partial charge in [-0.1, -0.05) is 59.6 Å². The SMILES string of the molecule is COc1cc(/C=C(/C#N)c2ccc(C(=O)[O-])cc2)ccc1OCc1ccc(Cl)c(Cl)c1. The molecule has 156 valence electrons. The van der Waals surface area contributed by atoms with Crippen LogP contribution in [-0.2, 0) is 6.61 Å². The Labute approximate surface area is 189 Å². The monoisotopic (exact) mass is 452 g/mol. The zero-order valence-electron chi connectivity index (χ0n) is 16.4. The Hall–Kier alpha value is -3.46. The van der Waals surface area contributed by atoms with Gasteiger partial charge in [0, 0.05) is 0 Å². The number of nitrogens with zero attached hydrogens (tertiary/aromatic N) is 1. The number of methoxy groups -OCH3 is 1. The van der Waals surface area contributed by atoms with E-state index in [2.05, 4.69) is 6.07 Å². The summed E-state index contributed by atoms with van der Waals surface area (Å²) in [5, 5.41) is 21.3. The Bertz CT molecular complexity index is 1180. The van der Waals surface area contributed by atoms with Crippen molar-refractivity contribution in [3.05, 3.63) is 93.0 Å². The highest BCUT2D eigenvalue weighted by molar-refractivity contribution is 6.42. The molecule has 0 saturated carbocycles. The van der Waals surface area contributed by atoms with E-state index < -0.39 is 5.97 Å². The number of benzene rings is 3. The predicted octanol–water partition coefficient (Wildman–Crippen LogP) is 5.01. The Morgan fingerprint density at radius 3 is 2.32 bits per heavy atom. The quantitative estimate of drug-likeness (QED) is 0.371. The lowest BCUT2D eigenvalue weighted by molar-refractivity contribution is -0.255. The zero-order chi connectivity index (χ0) is 22.4. The molecule has 0 aliphatic heterocycles. The average molecular weight is 453 g/mol. The van der Waals surface area contributed by atoms with Gasteiger partial charge in [0.15, 0.2) is 11.5 Å². The molecule has 3 aromatic rings. The van der Waals surface area contributed by atoms with Crippen LogP contribution >= 0.6 is 23.2 Å². The maximum atomic E-state index is 10.9. The molecule has 0 atom stereocenters. The van der Waals surface area contributed by atoms with Crippen LogP contribution in [0.1, 0.15) is 27.0 Å². The van der Waals surface area contributed by atoms with Crippen LogP contribution in [0.2, 0.25) is 10.0 Å². The van der Waals surface area contributed by atoms with E-state index in [9.17, 15) is 15.2 Å². The summed E-state index contributed by atoms with van der Waals surface area (Å²) < 4.78 is 11.3. The van der Waals surface area contributed by atoms with Gasteiger partial charge in [-0.25, -0.2) is 0 Å². The number of carbonyl (C=O) groups excluding carboxylic acids is 1. The number of halogens is 2. The van der Waals surface area contributed by atoms with Gasteiger partial charge in [-0.15, -0.1) is 0 Å². The molecule has 3 aromatic carbocycles. The summed E-state index contributed by atoms with van der Waals surface area (Å²) in [6.45, 7) is 0.274. The van der Waals surface area contributed by atoms with Crippen LogP contribution in [0.5, 0.6) is 11.5 Å². The summed E-state index contributed by atoms with van der Waals surface area (Å²) in [6, 6.07) is 18.6. The summed E-state index contributed by atoms with van der Waals surface area (Å²) in [5.41, 5.74) is 2.58. The smallest absolute Gasteiger partial charge is 0.161 e. The van der Waals surface area contributed by atoms with Crippen molar-refractivity contribution < 1.29 is 19.4 Å². The van der Waals surface area contributed by atoms with Crippen LogP contribution in [-0.4, -0.2) is 13.1 Å². The fraction of sp³-hybridized carbons (Fsp3) is 0.0833. The van der Waals surface area contributed by atoms with Gasteiger partial charge in [-0.05, 0) is 52.6 Å². The van der Waals surface area contributed by atoms with Crippen molar-refractivity contribution in [2.24, 2.45) is 0 Å². The Morgan fingerprint density at radius 2 is 1.71 bits per heavy atom. The highest BCUT2D eigenvalue weighted by Crippen LogP contribution is 2.31. The molecule has 0 N–H and O–H groups in total. The topological polar surface area (TPSA) is 82.4 Å². The minimum atomic E-state index is -1.27. The fourth-order valence-corrected chi connectivity index (χ4v) is 3.14. The van der Waals surface area contributed by atoms with Gasteiger partial charge in [-0.2, -0.15) is 5.26 Å². The third kappa shape index (κ3) is 5.58. The minimum absolute atomic E-state index is 0.0474. The molecule has 0 unspecified atom stereocenters. The average Bonchev–Trinajstić information content (AvgIpc) is 2.78. The zero-order valence-corrected chi connectivity index (χ0v) is 17.9. The molecule has 0 spiro atoms. The lowest BCUT2D eigenvalue weighted by Crippen LogP contribution is -2.21. The van der Waals surface area contributed by atoms with Gasteiger partial charge in [-0.3, -0.25) is 0 Å². The van der Waals surface area contributed by atoms with Crippen LogP contribution in [0.25, 0.3) is 11.6 Å². The molecule has 0 radical (unpaired) electrons. The fourth-order valence-electron chi connectivity index (χ4n) is 2.82. The predicted molar refractivity (Wildman–Crippen MR) is 118 cm³/mol. The van der Waals surface area contributed by atoms with E-state index in [-0.39, 0.29) is 12.2 Å². The van der Waals surface area contributed by atoms with Crippen molar-refractivity contribution in [2.75, 3.05) is 7.11 Å². The second-order valence-electron chi connectivity index (χ2n) is 6.48. The molecule has 0 fully saturated rings. The number of allylic oxidation sites excluding steroid dienone is 1. The number of rotatable bonds is 7. The lowest BCUT2D eigenvalue weighted by atomic mass is 10.0. The first-order valence-corrected chi connectivity index (χ1v) is 9.85. The van der Waals surface area contributed by atoms with E-state index >= 15 is 0 Å². The van der Waals surface area contributed by atoms with Crippen molar-refractivity contribution >= 4 is 40.8 Å². The summed E-state index contributed by atoms with van der Waals surface area (Å²) in [7, 11) is 1.53. The molecule has 31 heavy (non-hydrogen) atoms. The minimum Gasteiger partial charge on any atom is -0.545 e. The molecular weight excluding hydrogens is 437 g/mol. The molecule has 0 aliphatic carbocycles. The van der Waals surface area contributed by atoms with E-state index in [0.717, 1.165) is 11.1 Å². The third-order valence-corrected chi connectivity index (χ3v) is 5.17. The number of nitriles is 1. The number of carboxylic acids is 1. The van der Waals surface area contributed by atoms with Crippen molar-refractivity contribution in [1.82, 2.24) is 0 Å². The summed E-state index contributed by atoms with van der Waals surface area (Å²) in [5.74, 6) is -0.240. The van der Waals surface area contributed by atoms with Crippen LogP contribution in [0.15, 0.2) is 60.7 Å². The molecule has 0 bridgehead atoms. The first-order chi connectivity index (χ1) is 14.9. The number of hydrogen-bond donors (Lipinski definition) is 0. The molecular formula is C24H16Cl2NO4-. The first kappa shape index (κ1) is 22.2. The molecule has 7 heteroatoms. The molecule has 0 aliphatic rings. The van der Waals surface area contributed by atoms with E-state index in [1.165, 1.54) is 19.2 Å². The number of ether oxygens (including phenoxy) is 2. The molecule has 3 rings (SSSR count). The van der Waals surface area contributed by atoms with E-state index in [1.807, 2.05) is 6.07 Å². The van der Waals surface area contributed by atoms with Crippen LogP contribution in [0.4, 0.5) is 0 Å². The van der Waals surface area contributed by atoms with Gasteiger partial charge in [0.25, 0.3) is 0 Å². The summed E-state index contributed by atoms with van der Waals surface area (Å²) in [4.78, 5) is 10.9. The second kappa shape index (κ2) is 10.0. The maximum Gasteiger partial charge on any atom is 0.161 e. The molecule has 0 saturated heterocycles. The van der Waals surface area contributed by atoms with Gasteiger partial charge in [0.05, 0.1) is 34.8 Å². The Kier molecular flexibility index (Phi) is 7.19. The Balaban J connectivity index is 1.81. The van der Waals surface area contributed by atoms with Gasteiger partial charge in [0.2, 0.25) is 0 Å². The van der Waals surface area contributed by atoms with E-state index in [1.54, 1.807) is 48.5 Å². The normalized spacial score (nSPS) is 11.0. The van der Waals surface area contributed by atoms with Crippen molar-refractivity contribution in [3.8, 4) is 17.6 Å². The van der Waals surface area contributed by atoms with Gasteiger partial charge < -0.3 is 19.4 Å². The van der Waals surface area contributed by atoms with Crippen LogP contribution in [0.3, 0.4) is 0 Å². The van der Waals surface area contributed by atoms with E-state index in [4.69, 9.17) is 32.7 Å². The van der Waals surface area contributed by atoms with Gasteiger partial charge >= 0.3 is 0 Å². The maximum absolute atomic E-state index is 10.9. The molecule has 0 heterocycles. The van der Waals surface area contributed by atoms with Crippen LogP contribution in [0, 0.1) is 11.3 Å². The number of hydrogen-bond acceptors (Lipinski definition) is 5. The second-order valence-corrected chi connectivity index (χ2v) is 7.30. The summed E-state index contributed by atoms with van der Waals surface area (Å²) >= 11 is 12.0.